The molecule has 0 aromatic heterocycles. The summed E-state index contributed by atoms with van der Waals surface area (Å²) in [5.41, 5.74) is 0.623. The number of ether oxygens (including phenoxy) is 1. The lowest BCUT2D eigenvalue weighted by Crippen LogP contribution is -3.16. The minimum atomic E-state index is -2.44. The van der Waals surface area contributed by atoms with Crippen molar-refractivity contribution in [2.75, 3.05) is 25.0 Å². The van der Waals surface area contributed by atoms with E-state index < -0.39 is 5.76 Å². The molecule has 0 saturated carbocycles. The van der Waals surface area contributed by atoms with Crippen molar-refractivity contribution in [3.63, 3.8) is 0 Å². The maximum Gasteiger partial charge on any atom is 0.288 e. The van der Waals surface area contributed by atoms with Gasteiger partial charge in [0.15, 0.2) is 6.54 Å². The Labute approximate surface area is 133 Å². The zero-order valence-electron chi connectivity index (χ0n) is 12.6. The van der Waals surface area contributed by atoms with E-state index in [1.54, 1.807) is 24.3 Å². The van der Waals surface area contributed by atoms with Gasteiger partial charge in [-0.1, -0.05) is 11.8 Å². The Balaban J connectivity index is 1.84. The van der Waals surface area contributed by atoms with Crippen molar-refractivity contribution < 1.29 is 23.2 Å². The normalized spacial score (nSPS) is 25.2. The molecule has 1 fully saturated rings. The number of amides is 1. The first kappa shape index (κ1) is 17.2. The van der Waals surface area contributed by atoms with Crippen LogP contribution in [0.3, 0.4) is 0 Å². The van der Waals surface area contributed by atoms with E-state index in [1.165, 1.54) is 4.90 Å². The third-order valence-corrected chi connectivity index (χ3v) is 4.11. The maximum absolute atomic E-state index is 12.2. The molecule has 1 heterocycles. The van der Waals surface area contributed by atoms with Crippen molar-refractivity contribution in [2.24, 2.45) is 0 Å². The predicted octanol–water partition coefficient (Wildman–Crippen LogP) is 1.63. The van der Waals surface area contributed by atoms with Gasteiger partial charge in [-0.15, -0.1) is 0 Å². The number of nitrogens with one attached hydrogen (secondary N) is 2. The van der Waals surface area contributed by atoms with Crippen LogP contribution in [-0.2, 0) is 9.53 Å². The van der Waals surface area contributed by atoms with Gasteiger partial charge < -0.3 is 15.0 Å². The van der Waals surface area contributed by atoms with Gasteiger partial charge >= 0.3 is 0 Å². The van der Waals surface area contributed by atoms with Crippen LogP contribution in [0.5, 0.6) is 0 Å². The van der Waals surface area contributed by atoms with Crippen LogP contribution in [-0.4, -0.2) is 43.5 Å². The van der Waals surface area contributed by atoms with E-state index >= 15 is 0 Å². The number of carbonyl (C=O) groups is 1. The highest BCUT2D eigenvalue weighted by Crippen LogP contribution is 2.26. The number of rotatable bonds is 5. The Morgan fingerprint density at radius 3 is 2.45 bits per heavy atom. The quantitative estimate of drug-likeness (QED) is 0.806. The van der Waals surface area contributed by atoms with Crippen molar-refractivity contribution in [3.05, 3.63) is 24.3 Å². The van der Waals surface area contributed by atoms with Crippen LogP contribution in [0.1, 0.15) is 13.8 Å². The molecule has 0 aliphatic carbocycles. The van der Waals surface area contributed by atoms with Crippen molar-refractivity contribution in [3.8, 4) is 0 Å². The number of anilines is 1. The number of quaternary nitrogens is 1. The molecule has 4 nitrogen and oxygen atoms in total. The van der Waals surface area contributed by atoms with E-state index in [4.69, 9.17) is 4.74 Å². The van der Waals surface area contributed by atoms with Crippen LogP contribution in [0.15, 0.2) is 29.2 Å². The number of carbonyl (C=O) groups excluding carboxylic acids is 1. The second-order valence-corrected chi connectivity index (χ2v) is 6.61. The number of benzene rings is 1. The minimum Gasteiger partial charge on any atom is -0.364 e. The molecule has 1 aromatic rings. The van der Waals surface area contributed by atoms with Crippen molar-refractivity contribution in [1.29, 1.82) is 0 Å². The fraction of sp³-hybridized carbons (Fsp3) is 0.533. The van der Waals surface area contributed by atoms with Gasteiger partial charge in [0.05, 0.1) is 0 Å². The van der Waals surface area contributed by atoms with Gasteiger partial charge in [-0.2, -0.15) is 8.78 Å². The lowest BCUT2D eigenvalue weighted by molar-refractivity contribution is -0.907. The number of hydrogen-bond donors (Lipinski definition) is 2. The molecular weight excluding hydrogens is 310 g/mol. The first-order valence-corrected chi connectivity index (χ1v) is 8.14. The van der Waals surface area contributed by atoms with Crippen LogP contribution < -0.4 is 10.2 Å². The highest BCUT2D eigenvalue weighted by Gasteiger charge is 2.27. The average molecular weight is 331 g/mol. The van der Waals surface area contributed by atoms with Gasteiger partial charge in [0.2, 0.25) is 0 Å². The Morgan fingerprint density at radius 2 is 1.91 bits per heavy atom. The molecule has 1 aliphatic heterocycles. The maximum atomic E-state index is 12.2. The molecule has 1 aliphatic rings. The first-order valence-electron chi connectivity index (χ1n) is 7.26. The molecule has 122 valence electrons. The second-order valence-electron chi connectivity index (χ2n) is 5.54. The summed E-state index contributed by atoms with van der Waals surface area (Å²) in [5.74, 6) is -2.51. The van der Waals surface area contributed by atoms with E-state index in [-0.39, 0.29) is 18.1 Å². The Hall–Kier alpha value is -1.18. The molecule has 0 radical (unpaired) electrons. The highest BCUT2D eigenvalue weighted by atomic mass is 32.2. The Kier molecular flexibility index (Phi) is 6.16. The summed E-state index contributed by atoms with van der Waals surface area (Å²) >= 11 is 0.491. The molecular formula is C15H21F2N2O2S+. The summed E-state index contributed by atoms with van der Waals surface area (Å²) in [6.07, 6.45) is 0.300. The smallest absolute Gasteiger partial charge is 0.288 e. The summed E-state index contributed by atoms with van der Waals surface area (Å²) < 4.78 is 30.1. The third kappa shape index (κ3) is 5.55. The molecule has 22 heavy (non-hydrogen) atoms. The molecule has 1 aromatic carbocycles. The van der Waals surface area contributed by atoms with Gasteiger partial charge in [0.25, 0.3) is 11.7 Å². The Bertz CT molecular complexity index is 489. The van der Waals surface area contributed by atoms with Gasteiger partial charge in [-0.25, -0.2) is 0 Å². The van der Waals surface area contributed by atoms with Crippen LogP contribution in [0, 0.1) is 0 Å². The predicted molar refractivity (Wildman–Crippen MR) is 82.5 cm³/mol. The van der Waals surface area contributed by atoms with E-state index in [2.05, 4.69) is 5.32 Å². The highest BCUT2D eigenvalue weighted by molar-refractivity contribution is 7.99. The van der Waals surface area contributed by atoms with Crippen LogP contribution in [0.4, 0.5) is 14.5 Å². The van der Waals surface area contributed by atoms with Gasteiger partial charge in [0.1, 0.15) is 25.3 Å². The summed E-state index contributed by atoms with van der Waals surface area (Å²) in [5, 5.41) is 2.80. The molecule has 1 amide bonds. The summed E-state index contributed by atoms with van der Waals surface area (Å²) in [6.45, 7) is 6.01. The van der Waals surface area contributed by atoms with E-state index in [1.807, 2.05) is 13.8 Å². The molecule has 2 N–H and O–H groups in total. The fourth-order valence-corrected chi connectivity index (χ4v) is 3.18. The van der Waals surface area contributed by atoms with Crippen molar-refractivity contribution in [1.82, 2.24) is 0 Å². The van der Waals surface area contributed by atoms with Gasteiger partial charge in [0, 0.05) is 10.6 Å². The molecule has 0 spiro atoms. The second kappa shape index (κ2) is 7.89. The molecule has 1 saturated heterocycles. The first-order chi connectivity index (χ1) is 10.4. The number of hydrogen-bond acceptors (Lipinski definition) is 3. The summed E-state index contributed by atoms with van der Waals surface area (Å²) in [6, 6.07) is 6.45. The van der Waals surface area contributed by atoms with E-state index in [0.717, 1.165) is 13.1 Å². The summed E-state index contributed by atoms with van der Waals surface area (Å²) in [7, 11) is 0. The molecule has 0 bridgehead atoms. The lowest BCUT2D eigenvalue weighted by Gasteiger charge is -2.31. The standard InChI is InChI=1S/C15H20F2N2O2S/c1-10-7-19(8-11(2)21-10)9-14(20)18-12-3-5-13(6-4-12)22-15(16)17/h3-6,10-11,15H,7-9H2,1-2H3,(H,18,20)/p+1/t10-,11-/m0/s1. The van der Waals surface area contributed by atoms with Crippen LogP contribution >= 0.6 is 11.8 Å². The molecule has 2 rings (SSSR count). The third-order valence-electron chi connectivity index (χ3n) is 3.39. The van der Waals surface area contributed by atoms with Gasteiger partial charge in [-0.05, 0) is 38.1 Å². The lowest BCUT2D eigenvalue weighted by atomic mass is 10.2. The van der Waals surface area contributed by atoms with E-state index in [0.29, 0.717) is 28.9 Å². The van der Waals surface area contributed by atoms with E-state index in [9.17, 15) is 13.6 Å². The van der Waals surface area contributed by atoms with Gasteiger partial charge in [-0.3, -0.25) is 4.79 Å². The number of halogens is 2. The topological polar surface area (TPSA) is 42.8 Å². The van der Waals surface area contributed by atoms with Crippen LogP contribution in [0.25, 0.3) is 0 Å². The zero-order chi connectivity index (χ0) is 16.1. The van der Waals surface area contributed by atoms with Crippen LogP contribution in [0.2, 0.25) is 0 Å². The molecule has 2 atom stereocenters. The molecule has 0 unspecified atom stereocenters. The van der Waals surface area contributed by atoms with Crippen molar-refractivity contribution >= 4 is 23.4 Å². The summed E-state index contributed by atoms with van der Waals surface area (Å²) in [4.78, 5) is 13.7. The van der Waals surface area contributed by atoms with Crippen molar-refractivity contribution in [2.45, 2.75) is 36.7 Å². The number of alkyl halides is 2. The zero-order valence-corrected chi connectivity index (χ0v) is 13.5. The minimum absolute atomic E-state index is 0.0782. The Morgan fingerprint density at radius 1 is 1.32 bits per heavy atom. The fourth-order valence-electron chi connectivity index (χ4n) is 2.69. The number of thioether (sulfide) groups is 1. The number of morpholine rings is 1. The largest absolute Gasteiger partial charge is 0.364 e. The SMILES string of the molecule is C[C@H]1C[NH+](CC(=O)Nc2ccc(SC(F)F)cc2)C[C@H](C)O1. The monoisotopic (exact) mass is 331 g/mol. The molecule has 7 heteroatoms. The average Bonchev–Trinajstić information content (AvgIpc) is 2.39.